The smallest absolute Gasteiger partial charge is 0.248 e. The number of benzene rings is 2. The Hall–Kier alpha value is -1.97. The summed E-state index contributed by atoms with van der Waals surface area (Å²) in [4.78, 5) is 11.7. The van der Waals surface area contributed by atoms with Crippen molar-refractivity contribution < 1.29 is 9.53 Å². The molecule has 0 spiro atoms. The van der Waals surface area contributed by atoms with E-state index in [4.69, 9.17) is 27.9 Å². The predicted molar refractivity (Wildman–Crippen MR) is 90.9 cm³/mol. The number of hydrogen-bond donors (Lipinski definition) is 1. The number of hydrogen-bond acceptors (Lipinski definition) is 2. The molecule has 0 radical (unpaired) electrons. The molecular formula is C17H15Cl2NO2. The van der Waals surface area contributed by atoms with Gasteiger partial charge in [0.2, 0.25) is 5.91 Å². The van der Waals surface area contributed by atoms with Crippen LogP contribution in [0.2, 0.25) is 10.0 Å². The summed E-state index contributed by atoms with van der Waals surface area (Å²) in [6.45, 7) is 2.11. The van der Waals surface area contributed by atoms with E-state index in [1.807, 2.05) is 37.3 Å². The summed E-state index contributed by atoms with van der Waals surface area (Å²) in [5, 5.41) is 3.78. The van der Waals surface area contributed by atoms with Crippen LogP contribution in [0.1, 0.15) is 5.56 Å². The summed E-state index contributed by atoms with van der Waals surface area (Å²) in [6, 6.07) is 12.6. The summed E-state index contributed by atoms with van der Waals surface area (Å²) in [7, 11) is 0. The summed E-state index contributed by atoms with van der Waals surface area (Å²) in [5.74, 6) is 0.324. The fourth-order valence-electron chi connectivity index (χ4n) is 1.74. The van der Waals surface area contributed by atoms with Gasteiger partial charge in [-0.05, 0) is 42.8 Å². The highest BCUT2D eigenvalue weighted by atomic mass is 35.5. The summed E-state index contributed by atoms with van der Waals surface area (Å²) >= 11 is 12.0. The lowest BCUT2D eigenvalue weighted by atomic mass is 10.2. The van der Waals surface area contributed by atoms with E-state index >= 15 is 0 Å². The van der Waals surface area contributed by atoms with Gasteiger partial charge >= 0.3 is 0 Å². The molecule has 0 atom stereocenters. The Morgan fingerprint density at radius 2 is 1.91 bits per heavy atom. The lowest BCUT2D eigenvalue weighted by Gasteiger charge is -2.08. The molecule has 22 heavy (non-hydrogen) atoms. The van der Waals surface area contributed by atoms with Gasteiger partial charge in [-0.25, -0.2) is 0 Å². The van der Waals surface area contributed by atoms with E-state index in [1.165, 1.54) is 6.08 Å². The number of nitrogens with one attached hydrogen (secondary N) is 1. The maximum Gasteiger partial charge on any atom is 0.248 e. The maximum atomic E-state index is 11.7. The van der Waals surface area contributed by atoms with Crippen LogP contribution in [0.25, 0.3) is 0 Å². The highest BCUT2D eigenvalue weighted by molar-refractivity contribution is 6.36. The highest BCUT2D eigenvalue weighted by Crippen LogP contribution is 2.30. The first-order valence-corrected chi connectivity index (χ1v) is 7.43. The van der Waals surface area contributed by atoms with Crippen LogP contribution < -0.4 is 10.1 Å². The SMILES string of the molecule is Cc1cc(OC/C=C/C(=O)Nc2ccccc2)c(Cl)cc1Cl. The van der Waals surface area contributed by atoms with Crippen molar-refractivity contribution in [3.63, 3.8) is 0 Å². The fraction of sp³-hybridized carbons (Fsp3) is 0.118. The van der Waals surface area contributed by atoms with Gasteiger partial charge in [-0.2, -0.15) is 0 Å². The zero-order valence-corrected chi connectivity index (χ0v) is 13.5. The van der Waals surface area contributed by atoms with E-state index in [2.05, 4.69) is 5.32 Å². The van der Waals surface area contributed by atoms with Crippen LogP contribution in [0.4, 0.5) is 5.69 Å². The Morgan fingerprint density at radius 1 is 1.18 bits per heavy atom. The van der Waals surface area contributed by atoms with Crippen molar-refractivity contribution in [2.75, 3.05) is 11.9 Å². The molecule has 5 heteroatoms. The quantitative estimate of drug-likeness (QED) is 0.791. The second kappa shape index (κ2) is 7.87. The minimum Gasteiger partial charge on any atom is -0.488 e. The Kier molecular flexibility index (Phi) is 5.87. The van der Waals surface area contributed by atoms with Gasteiger partial charge in [0.15, 0.2) is 0 Å². The molecule has 0 aliphatic rings. The predicted octanol–water partition coefficient (Wildman–Crippen LogP) is 4.88. The molecule has 0 aromatic heterocycles. The van der Waals surface area contributed by atoms with Crippen molar-refractivity contribution in [3.05, 3.63) is 70.2 Å². The first-order chi connectivity index (χ1) is 10.6. The molecular weight excluding hydrogens is 321 g/mol. The lowest BCUT2D eigenvalue weighted by molar-refractivity contribution is -0.111. The third-order valence-corrected chi connectivity index (χ3v) is 3.56. The van der Waals surface area contributed by atoms with Crippen molar-refractivity contribution in [2.24, 2.45) is 0 Å². The Balaban J connectivity index is 1.85. The average molecular weight is 336 g/mol. The van der Waals surface area contributed by atoms with Gasteiger partial charge in [0.25, 0.3) is 0 Å². The number of carbonyl (C=O) groups excluding carboxylic acids is 1. The van der Waals surface area contributed by atoms with Crippen LogP contribution in [0, 0.1) is 6.92 Å². The topological polar surface area (TPSA) is 38.3 Å². The number of aryl methyl sites for hydroxylation is 1. The van der Waals surface area contributed by atoms with Crippen LogP contribution in [-0.4, -0.2) is 12.5 Å². The third kappa shape index (κ3) is 4.79. The van der Waals surface area contributed by atoms with Gasteiger partial charge in [-0.15, -0.1) is 0 Å². The molecule has 2 rings (SSSR count). The van der Waals surface area contributed by atoms with E-state index in [-0.39, 0.29) is 12.5 Å². The Bertz CT molecular complexity index is 685. The van der Waals surface area contributed by atoms with E-state index in [9.17, 15) is 4.79 Å². The highest BCUT2D eigenvalue weighted by Gasteiger charge is 2.05. The fourth-order valence-corrected chi connectivity index (χ4v) is 2.18. The molecule has 3 nitrogen and oxygen atoms in total. The monoisotopic (exact) mass is 335 g/mol. The van der Waals surface area contributed by atoms with Gasteiger partial charge < -0.3 is 10.1 Å². The summed E-state index contributed by atoms with van der Waals surface area (Å²) in [6.07, 6.45) is 3.04. The van der Waals surface area contributed by atoms with Crippen molar-refractivity contribution in [2.45, 2.75) is 6.92 Å². The first kappa shape index (κ1) is 16.4. The summed E-state index contributed by atoms with van der Waals surface area (Å²) in [5.41, 5.74) is 1.63. The lowest BCUT2D eigenvalue weighted by Crippen LogP contribution is -2.08. The van der Waals surface area contributed by atoms with E-state index in [0.29, 0.717) is 15.8 Å². The second-order valence-electron chi connectivity index (χ2n) is 4.60. The number of ether oxygens (including phenoxy) is 1. The molecule has 0 aliphatic heterocycles. The molecule has 0 saturated carbocycles. The molecule has 0 aliphatic carbocycles. The van der Waals surface area contributed by atoms with Crippen LogP contribution in [0.3, 0.4) is 0 Å². The zero-order valence-electron chi connectivity index (χ0n) is 12.0. The largest absolute Gasteiger partial charge is 0.488 e. The average Bonchev–Trinajstić information content (AvgIpc) is 2.49. The minimum atomic E-state index is -0.215. The minimum absolute atomic E-state index is 0.215. The van der Waals surface area contributed by atoms with Crippen molar-refractivity contribution in [3.8, 4) is 5.75 Å². The normalized spacial score (nSPS) is 10.7. The number of halogens is 2. The van der Waals surface area contributed by atoms with Crippen LogP contribution in [0.15, 0.2) is 54.6 Å². The van der Waals surface area contributed by atoms with Crippen LogP contribution in [-0.2, 0) is 4.79 Å². The maximum absolute atomic E-state index is 11.7. The molecule has 0 saturated heterocycles. The Labute approximate surface area is 139 Å². The molecule has 2 aromatic rings. The van der Waals surface area contributed by atoms with Crippen LogP contribution in [0.5, 0.6) is 5.75 Å². The molecule has 0 heterocycles. The van der Waals surface area contributed by atoms with Gasteiger partial charge in [0, 0.05) is 16.8 Å². The van der Waals surface area contributed by atoms with Gasteiger partial charge in [-0.3, -0.25) is 4.79 Å². The van der Waals surface area contributed by atoms with Gasteiger partial charge in [0.05, 0.1) is 5.02 Å². The number of rotatable bonds is 5. The number of amides is 1. The molecule has 114 valence electrons. The van der Waals surface area contributed by atoms with Gasteiger partial charge in [0.1, 0.15) is 12.4 Å². The molecule has 2 aromatic carbocycles. The van der Waals surface area contributed by atoms with Crippen molar-refractivity contribution >= 4 is 34.8 Å². The Morgan fingerprint density at radius 3 is 2.64 bits per heavy atom. The van der Waals surface area contributed by atoms with Crippen molar-refractivity contribution in [1.29, 1.82) is 0 Å². The number of anilines is 1. The van der Waals surface area contributed by atoms with E-state index < -0.39 is 0 Å². The van der Waals surface area contributed by atoms with E-state index in [0.717, 1.165) is 11.3 Å². The zero-order chi connectivity index (χ0) is 15.9. The summed E-state index contributed by atoms with van der Waals surface area (Å²) < 4.78 is 5.52. The first-order valence-electron chi connectivity index (χ1n) is 6.67. The number of para-hydroxylation sites is 1. The molecule has 0 fully saturated rings. The number of carbonyl (C=O) groups is 1. The molecule has 0 unspecified atom stereocenters. The second-order valence-corrected chi connectivity index (χ2v) is 5.41. The van der Waals surface area contributed by atoms with Gasteiger partial charge in [-0.1, -0.05) is 41.4 Å². The van der Waals surface area contributed by atoms with Crippen molar-refractivity contribution in [1.82, 2.24) is 0 Å². The molecule has 1 amide bonds. The van der Waals surface area contributed by atoms with Crippen LogP contribution >= 0.6 is 23.2 Å². The van der Waals surface area contributed by atoms with E-state index in [1.54, 1.807) is 18.2 Å². The standard InChI is InChI=1S/C17H15Cl2NO2/c1-12-10-16(15(19)11-14(12)18)22-9-5-8-17(21)20-13-6-3-2-4-7-13/h2-8,10-11H,9H2,1H3,(H,20,21)/b8-5+. The molecule has 1 N–H and O–H groups in total. The molecule has 0 bridgehead atoms. The third-order valence-electron chi connectivity index (χ3n) is 2.86.